The highest BCUT2D eigenvalue weighted by molar-refractivity contribution is 5.36. The molecule has 2 nitrogen and oxygen atoms in total. The average molecular weight is 208 g/mol. The second-order valence-corrected chi connectivity index (χ2v) is 4.55. The lowest BCUT2D eigenvalue weighted by atomic mass is 9.91. The molecule has 2 heteroatoms. The maximum Gasteiger partial charge on any atom is 0.121 e. The maximum absolute atomic E-state index is 9.58. The molecular formula is C13H20O2. The molecule has 1 atom stereocenters. The third kappa shape index (κ3) is 3.24. The first-order chi connectivity index (χ1) is 7.04. The van der Waals surface area contributed by atoms with Gasteiger partial charge < -0.3 is 10.2 Å². The van der Waals surface area contributed by atoms with Crippen molar-refractivity contribution in [2.24, 2.45) is 11.8 Å². The first-order valence-electron chi connectivity index (χ1n) is 5.46. The van der Waals surface area contributed by atoms with Crippen molar-refractivity contribution in [2.45, 2.75) is 33.8 Å². The molecule has 0 amide bonds. The second kappa shape index (κ2) is 5.17. The van der Waals surface area contributed by atoms with Crippen LogP contribution in [0.1, 0.15) is 31.9 Å². The third-order valence-electron chi connectivity index (χ3n) is 3.02. The van der Waals surface area contributed by atoms with E-state index in [1.54, 1.807) is 12.1 Å². The smallest absolute Gasteiger partial charge is 0.121 e. The summed E-state index contributed by atoms with van der Waals surface area (Å²) in [4.78, 5) is 0. The van der Waals surface area contributed by atoms with E-state index >= 15 is 0 Å². The Balaban J connectivity index is 2.75. The summed E-state index contributed by atoms with van der Waals surface area (Å²) in [6.07, 6.45) is 0.969. The molecule has 0 saturated heterocycles. The lowest BCUT2D eigenvalue weighted by molar-refractivity contribution is 0.275. The molecule has 0 aliphatic heterocycles. The predicted molar refractivity (Wildman–Crippen MR) is 61.7 cm³/mol. The Labute approximate surface area is 91.6 Å². The van der Waals surface area contributed by atoms with E-state index in [-0.39, 0.29) is 12.4 Å². The van der Waals surface area contributed by atoms with Gasteiger partial charge in [-0.05, 0) is 29.9 Å². The molecule has 0 spiro atoms. The maximum atomic E-state index is 9.58. The average Bonchev–Trinajstić information content (AvgIpc) is 2.18. The Morgan fingerprint density at radius 1 is 1.20 bits per heavy atom. The third-order valence-corrected chi connectivity index (χ3v) is 3.02. The lowest BCUT2D eigenvalue weighted by Crippen LogP contribution is -2.07. The van der Waals surface area contributed by atoms with E-state index in [4.69, 9.17) is 5.11 Å². The van der Waals surface area contributed by atoms with E-state index in [0.717, 1.165) is 12.0 Å². The number of benzene rings is 1. The molecule has 1 aromatic rings. The summed E-state index contributed by atoms with van der Waals surface area (Å²) >= 11 is 0. The van der Waals surface area contributed by atoms with Gasteiger partial charge in [0.15, 0.2) is 0 Å². The minimum Gasteiger partial charge on any atom is -0.508 e. The summed E-state index contributed by atoms with van der Waals surface area (Å²) < 4.78 is 0. The van der Waals surface area contributed by atoms with Crippen molar-refractivity contribution in [1.29, 1.82) is 0 Å². The highest BCUT2D eigenvalue weighted by Gasteiger charge is 2.09. The largest absolute Gasteiger partial charge is 0.508 e. The van der Waals surface area contributed by atoms with Crippen LogP contribution in [0, 0.1) is 11.8 Å². The van der Waals surface area contributed by atoms with Gasteiger partial charge in [-0.25, -0.2) is 0 Å². The van der Waals surface area contributed by atoms with E-state index < -0.39 is 0 Å². The molecule has 0 aromatic heterocycles. The molecule has 0 saturated carbocycles. The van der Waals surface area contributed by atoms with E-state index in [0.29, 0.717) is 17.4 Å². The van der Waals surface area contributed by atoms with Gasteiger partial charge in [-0.1, -0.05) is 32.9 Å². The number of rotatable bonds is 4. The fraction of sp³-hybridized carbons (Fsp3) is 0.538. The van der Waals surface area contributed by atoms with Crippen LogP contribution in [0.25, 0.3) is 0 Å². The summed E-state index contributed by atoms with van der Waals surface area (Å²) in [7, 11) is 0. The van der Waals surface area contributed by atoms with Gasteiger partial charge in [0.1, 0.15) is 5.75 Å². The van der Waals surface area contributed by atoms with Crippen molar-refractivity contribution in [1.82, 2.24) is 0 Å². The van der Waals surface area contributed by atoms with Gasteiger partial charge >= 0.3 is 0 Å². The van der Waals surface area contributed by atoms with Crippen LogP contribution in [0.5, 0.6) is 5.75 Å². The van der Waals surface area contributed by atoms with E-state index in [2.05, 4.69) is 20.8 Å². The minimum atomic E-state index is -0.105. The van der Waals surface area contributed by atoms with Crippen LogP contribution in [0.3, 0.4) is 0 Å². The van der Waals surface area contributed by atoms with Gasteiger partial charge in [0, 0.05) is 5.56 Å². The molecular weight excluding hydrogens is 188 g/mol. The first-order valence-corrected chi connectivity index (χ1v) is 5.46. The molecule has 84 valence electrons. The van der Waals surface area contributed by atoms with Gasteiger partial charge in [0.25, 0.3) is 0 Å². The van der Waals surface area contributed by atoms with Crippen molar-refractivity contribution >= 4 is 0 Å². The van der Waals surface area contributed by atoms with E-state index in [9.17, 15) is 5.11 Å². The van der Waals surface area contributed by atoms with E-state index in [1.807, 2.05) is 6.07 Å². The number of hydrogen-bond acceptors (Lipinski definition) is 2. The molecule has 0 aliphatic carbocycles. The summed E-state index contributed by atoms with van der Waals surface area (Å²) in [5.41, 5.74) is 1.72. The number of aromatic hydroxyl groups is 1. The van der Waals surface area contributed by atoms with Crippen LogP contribution >= 0.6 is 0 Å². The topological polar surface area (TPSA) is 40.5 Å². The van der Waals surface area contributed by atoms with E-state index in [1.165, 1.54) is 0 Å². The van der Waals surface area contributed by atoms with Crippen LogP contribution in [-0.4, -0.2) is 10.2 Å². The number of phenols is 1. The molecule has 15 heavy (non-hydrogen) atoms. The van der Waals surface area contributed by atoms with Crippen LogP contribution in [0.15, 0.2) is 18.2 Å². The zero-order chi connectivity index (χ0) is 11.4. The van der Waals surface area contributed by atoms with Gasteiger partial charge in [0.2, 0.25) is 0 Å². The monoisotopic (exact) mass is 208 g/mol. The molecule has 1 rings (SSSR count). The molecule has 1 unspecified atom stereocenters. The fourth-order valence-electron chi connectivity index (χ4n) is 1.48. The zero-order valence-electron chi connectivity index (χ0n) is 9.70. The summed E-state index contributed by atoms with van der Waals surface area (Å²) in [5, 5.41) is 18.5. The Hall–Kier alpha value is -1.02. The molecule has 2 N–H and O–H groups in total. The lowest BCUT2D eigenvalue weighted by Gasteiger charge is -2.15. The van der Waals surface area contributed by atoms with Crippen LogP contribution in [-0.2, 0) is 13.0 Å². The quantitative estimate of drug-likeness (QED) is 0.798. The Morgan fingerprint density at radius 2 is 1.87 bits per heavy atom. The van der Waals surface area contributed by atoms with Crippen molar-refractivity contribution in [3.05, 3.63) is 29.3 Å². The Kier molecular flexibility index (Phi) is 4.15. The molecule has 1 aromatic carbocycles. The normalized spacial score (nSPS) is 13.1. The highest BCUT2D eigenvalue weighted by atomic mass is 16.3. The first kappa shape index (κ1) is 12.1. The molecule has 0 heterocycles. The molecule has 0 radical (unpaired) electrons. The van der Waals surface area contributed by atoms with Gasteiger partial charge in [-0.3, -0.25) is 0 Å². The number of hydrogen-bond donors (Lipinski definition) is 2. The summed E-state index contributed by atoms with van der Waals surface area (Å²) in [5.74, 6) is 1.44. The van der Waals surface area contributed by atoms with Crippen LogP contribution in [0.2, 0.25) is 0 Å². The highest BCUT2D eigenvalue weighted by Crippen LogP contribution is 2.22. The number of aliphatic hydroxyl groups is 1. The zero-order valence-corrected chi connectivity index (χ0v) is 9.70. The van der Waals surface area contributed by atoms with Gasteiger partial charge in [0.05, 0.1) is 6.61 Å². The Morgan fingerprint density at radius 3 is 2.33 bits per heavy atom. The van der Waals surface area contributed by atoms with Crippen LogP contribution < -0.4 is 0 Å². The standard InChI is InChI=1S/C13H20O2/c1-9(2)10(3)6-11-4-5-12(8-14)13(15)7-11/h4-5,7,9-10,14-15H,6,8H2,1-3H3. The summed E-state index contributed by atoms with van der Waals surface area (Å²) in [6.45, 7) is 6.51. The Bertz CT molecular complexity index is 318. The SMILES string of the molecule is CC(C)C(C)Cc1ccc(CO)c(O)c1. The second-order valence-electron chi connectivity index (χ2n) is 4.55. The molecule has 0 bridgehead atoms. The molecule has 0 aliphatic rings. The van der Waals surface area contributed by atoms with Crippen molar-refractivity contribution in [3.63, 3.8) is 0 Å². The molecule has 0 fully saturated rings. The minimum absolute atomic E-state index is 0.105. The van der Waals surface area contributed by atoms with Crippen molar-refractivity contribution < 1.29 is 10.2 Å². The van der Waals surface area contributed by atoms with Crippen LogP contribution in [0.4, 0.5) is 0 Å². The summed E-state index contributed by atoms with van der Waals surface area (Å²) in [6, 6.07) is 5.52. The van der Waals surface area contributed by atoms with Crippen molar-refractivity contribution in [3.8, 4) is 5.75 Å². The van der Waals surface area contributed by atoms with Crippen molar-refractivity contribution in [2.75, 3.05) is 0 Å². The number of aliphatic hydroxyl groups excluding tert-OH is 1. The fourth-order valence-corrected chi connectivity index (χ4v) is 1.48. The van der Waals surface area contributed by atoms with Gasteiger partial charge in [-0.2, -0.15) is 0 Å². The predicted octanol–water partition coefficient (Wildman–Crippen LogP) is 2.72. The van der Waals surface area contributed by atoms with Gasteiger partial charge in [-0.15, -0.1) is 0 Å².